The maximum Gasteiger partial charge on any atom is 0.230 e. The number of thioether (sulfide) groups is 1. The summed E-state index contributed by atoms with van der Waals surface area (Å²) in [6.07, 6.45) is 0. The maximum atomic E-state index is 13.1. The van der Waals surface area contributed by atoms with Crippen LogP contribution >= 0.6 is 11.8 Å². The van der Waals surface area contributed by atoms with Crippen molar-refractivity contribution in [3.8, 4) is 0 Å². The van der Waals surface area contributed by atoms with Gasteiger partial charge in [-0.1, -0.05) is 42.1 Å². The molecule has 1 aliphatic rings. The number of morpholine rings is 1. The number of halogens is 1. The lowest BCUT2D eigenvalue weighted by Gasteiger charge is -2.25. The Morgan fingerprint density at radius 2 is 1.90 bits per heavy atom. The van der Waals surface area contributed by atoms with Gasteiger partial charge in [0.15, 0.2) is 0 Å². The predicted octanol–water partition coefficient (Wildman–Crippen LogP) is 3.57. The van der Waals surface area contributed by atoms with Gasteiger partial charge in [-0.15, -0.1) is 0 Å². The van der Waals surface area contributed by atoms with Crippen molar-refractivity contribution in [1.29, 1.82) is 0 Å². The van der Waals surface area contributed by atoms with E-state index in [9.17, 15) is 9.18 Å². The van der Waals surface area contributed by atoms with Crippen LogP contribution in [0.5, 0.6) is 0 Å². The highest BCUT2D eigenvalue weighted by Crippen LogP contribution is 2.26. The molecule has 0 aliphatic carbocycles. The number of fused-ring (bicyclic) bond motifs is 1. The summed E-state index contributed by atoms with van der Waals surface area (Å²) in [4.78, 5) is 24.3. The van der Waals surface area contributed by atoms with Crippen LogP contribution < -0.4 is 5.32 Å². The molecule has 8 heteroatoms. The van der Waals surface area contributed by atoms with E-state index in [2.05, 4.69) is 10.2 Å². The Bertz CT molecular complexity index is 1040. The Balaban J connectivity index is 1.44. The molecule has 3 aromatic rings. The number of carbonyl (C=O) groups is 1. The van der Waals surface area contributed by atoms with Gasteiger partial charge < -0.3 is 10.1 Å². The van der Waals surface area contributed by atoms with Crippen LogP contribution in [0.4, 0.5) is 4.39 Å². The zero-order chi connectivity index (χ0) is 21.6. The fourth-order valence-electron chi connectivity index (χ4n) is 3.49. The van der Waals surface area contributed by atoms with E-state index >= 15 is 0 Å². The number of carbonyl (C=O) groups excluding carboxylic acids is 1. The number of hydrogen-bond acceptors (Lipinski definition) is 6. The van der Waals surface area contributed by atoms with Crippen LogP contribution in [0.15, 0.2) is 53.6 Å². The van der Waals surface area contributed by atoms with Gasteiger partial charge in [0, 0.05) is 18.5 Å². The number of amides is 1. The average Bonchev–Trinajstić information content (AvgIpc) is 2.78. The number of ether oxygens (including phenoxy) is 1. The first kappa shape index (κ1) is 21.7. The van der Waals surface area contributed by atoms with Gasteiger partial charge in [0.1, 0.15) is 16.7 Å². The van der Waals surface area contributed by atoms with Gasteiger partial charge in [-0.05, 0) is 30.7 Å². The van der Waals surface area contributed by atoms with Crippen LogP contribution in [0.25, 0.3) is 10.9 Å². The van der Waals surface area contributed by atoms with Gasteiger partial charge in [-0.2, -0.15) is 0 Å². The van der Waals surface area contributed by atoms with Crippen LogP contribution in [0.1, 0.15) is 24.4 Å². The second-order valence-electron chi connectivity index (χ2n) is 7.48. The van der Waals surface area contributed by atoms with Crippen LogP contribution in [-0.4, -0.2) is 52.8 Å². The van der Waals surface area contributed by atoms with Crippen molar-refractivity contribution in [2.24, 2.45) is 0 Å². The van der Waals surface area contributed by atoms with Crippen LogP contribution in [0.2, 0.25) is 0 Å². The molecule has 1 amide bonds. The van der Waals surface area contributed by atoms with Crippen LogP contribution in [-0.2, 0) is 16.1 Å². The molecule has 31 heavy (non-hydrogen) atoms. The van der Waals surface area contributed by atoms with Crippen molar-refractivity contribution in [3.63, 3.8) is 0 Å². The minimum Gasteiger partial charge on any atom is -0.379 e. The lowest BCUT2D eigenvalue weighted by atomic mass is 10.1. The van der Waals surface area contributed by atoms with E-state index in [1.165, 1.54) is 23.9 Å². The summed E-state index contributed by atoms with van der Waals surface area (Å²) >= 11 is 1.41. The van der Waals surface area contributed by atoms with Crippen molar-refractivity contribution in [2.45, 2.75) is 24.5 Å². The zero-order valence-electron chi connectivity index (χ0n) is 17.4. The Morgan fingerprint density at radius 3 is 2.68 bits per heavy atom. The monoisotopic (exact) mass is 440 g/mol. The zero-order valence-corrected chi connectivity index (χ0v) is 18.2. The van der Waals surface area contributed by atoms with E-state index in [-0.39, 0.29) is 23.5 Å². The molecule has 162 valence electrons. The smallest absolute Gasteiger partial charge is 0.230 e. The van der Waals surface area contributed by atoms with Crippen molar-refractivity contribution in [3.05, 3.63) is 65.7 Å². The molecular formula is C23H25FN4O2S. The number of nitrogens with one attached hydrogen (secondary N) is 1. The van der Waals surface area contributed by atoms with Gasteiger partial charge in [0.05, 0.1) is 37.1 Å². The molecule has 1 N–H and O–H groups in total. The minimum atomic E-state index is -0.290. The molecule has 0 saturated carbocycles. The third kappa shape index (κ3) is 5.78. The highest BCUT2D eigenvalue weighted by molar-refractivity contribution is 8.00. The topological polar surface area (TPSA) is 67.4 Å². The molecular weight excluding hydrogens is 415 g/mol. The molecule has 0 bridgehead atoms. The number of rotatable bonds is 7. The van der Waals surface area contributed by atoms with E-state index in [0.29, 0.717) is 6.54 Å². The molecule has 2 heterocycles. The SMILES string of the molecule is CC(NC(=O)CSc1nc(CN2CCOCC2)nc2ccccc12)c1ccc(F)cc1. The maximum absolute atomic E-state index is 13.1. The molecule has 2 aromatic carbocycles. The molecule has 1 aromatic heterocycles. The summed E-state index contributed by atoms with van der Waals surface area (Å²) < 4.78 is 18.5. The number of benzene rings is 2. The summed E-state index contributed by atoms with van der Waals surface area (Å²) in [5.74, 6) is 0.604. The van der Waals surface area contributed by atoms with E-state index in [4.69, 9.17) is 14.7 Å². The Labute approximate surface area is 185 Å². The van der Waals surface area contributed by atoms with Crippen molar-refractivity contribution in [1.82, 2.24) is 20.2 Å². The Morgan fingerprint density at radius 1 is 1.16 bits per heavy atom. The largest absolute Gasteiger partial charge is 0.379 e. The minimum absolute atomic E-state index is 0.0979. The molecule has 6 nitrogen and oxygen atoms in total. The first-order valence-electron chi connectivity index (χ1n) is 10.3. The van der Waals surface area contributed by atoms with E-state index in [1.54, 1.807) is 12.1 Å². The van der Waals surface area contributed by atoms with Gasteiger partial charge >= 0.3 is 0 Å². The fourth-order valence-corrected chi connectivity index (χ4v) is 4.33. The molecule has 1 saturated heterocycles. The van der Waals surface area contributed by atoms with Gasteiger partial charge in [-0.25, -0.2) is 14.4 Å². The van der Waals surface area contributed by atoms with Crippen molar-refractivity contribution in [2.75, 3.05) is 32.1 Å². The summed E-state index contributed by atoms with van der Waals surface area (Å²) in [5.41, 5.74) is 1.74. The number of hydrogen-bond donors (Lipinski definition) is 1. The molecule has 1 fully saturated rings. The normalized spacial score (nSPS) is 15.7. The highest BCUT2D eigenvalue weighted by atomic mass is 32.2. The van der Waals surface area contributed by atoms with Gasteiger partial charge in [-0.3, -0.25) is 9.69 Å². The quantitative estimate of drug-likeness (QED) is 0.448. The third-order valence-electron chi connectivity index (χ3n) is 5.17. The van der Waals surface area contributed by atoms with Crippen molar-refractivity contribution < 1.29 is 13.9 Å². The number of aromatic nitrogens is 2. The Kier molecular flexibility index (Phi) is 7.11. The molecule has 0 spiro atoms. The summed E-state index contributed by atoms with van der Waals surface area (Å²) in [7, 11) is 0. The summed E-state index contributed by atoms with van der Waals surface area (Å²) in [6.45, 7) is 5.72. The van der Waals surface area contributed by atoms with E-state index < -0.39 is 0 Å². The predicted molar refractivity (Wildman–Crippen MR) is 119 cm³/mol. The average molecular weight is 441 g/mol. The highest BCUT2D eigenvalue weighted by Gasteiger charge is 2.16. The number of para-hydroxylation sites is 1. The number of nitrogens with zero attached hydrogens (tertiary/aromatic N) is 3. The second-order valence-corrected chi connectivity index (χ2v) is 8.44. The van der Waals surface area contributed by atoms with Gasteiger partial charge in [0.25, 0.3) is 0 Å². The summed E-state index contributed by atoms with van der Waals surface area (Å²) in [6, 6.07) is 13.8. The molecule has 1 unspecified atom stereocenters. The third-order valence-corrected chi connectivity index (χ3v) is 6.16. The lowest BCUT2D eigenvalue weighted by Crippen LogP contribution is -2.36. The first-order valence-corrected chi connectivity index (χ1v) is 11.3. The van der Waals surface area contributed by atoms with Crippen LogP contribution in [0.3, 0.4) is 0 Å². The lowest BCUT2D eigenvalue weighted by molar-refractivity contribution is -0.119. The molecule has 4 rings (SSSR count). The van der Waals surface area contributed by atoms with Crippen LogP contribution in [0, 0.1) is 5.82 Å². The van der Waals surface area contributed by atoms with Crippen molar-refractivity contribution >= 4 is 28.6 Å². The van der Waals surface area contributed by atoms with E-state index in [1.807, 2.05) is 31.2 Å². The second kappa shape index (κ2) is 10.2. The standard InChI is InChI=1S/C23H25FN4O2S/c1-16(17-6-8-18(24)9-7-17)25-22(29)15-31-23-19-4-2-3-5-20(19)26-21(27-23)14-28-10-12-30-13-11-28/h2-9,16H,10-15H2,1H3,(H,25,29). The van der Waals surface area contributed by atoms with Gasteiger partial charge in [0.2, 0.25) is 5.91 Å². The first-order chi connectivity index (χ1) is 15.1. The summed E-state index contributed by atoms with van der Waals surface area (Å²) in [5, 5.41) is 4.71. The fraction of sp³-hybridized carbons (Fsp3) is 0.348. The molecule has 1 aliphatic heterocycles. The Hall–Kier alpha value is -2.55. The van der Waals surface area contributed by atoms with E-state index in [0.717, 1.165) is 53.6 Å². The molecule has 0 radical (unpaired) electrons. The molecule has 1 atom stereocenters.